The van der Waals surface area contributed by atoms with Crippen LogP contribution >= 0.6 is 0 Å². The zero-order chi connectivity index (χ0) is 13.4. The maximum atomic E-state index is 9.48. The smallest absolute Gasteiger partial charge is 0.126 e. The standard InChI is InChI=1S/C16H16O3/c1-10-14-7-6-13(18)8-16(14)19-9-15(10)11-2-4-12(17)5-3-11/h2-8,10,15,17-18H,9H2,1H3. The first-order chi connectivity index (χ1) is 9.15. The van der Waals surface area contributed by atoms with E-state index >= 15 is 0 Å². The maximum absolute atomic E-state index is 9.48. The Morgan fingerprint density at radius 1 is 1.00 bits per heavy atom. The predicted octanol–water partition coefficient (Wildman–Crippen LogP) is 3.38. The zero-order valence-corrected chi connectivity index (χ0v) is 10.7. The lowest BCUT2D eigenvalue weighted by Gasteiger charge is -2.31. The molecule has 0 bridgehead atoms. The molecule has 2 aromatic carbocycles. The lowest BCUT2D eigenvalue weighted by Crippen LogP contribution is -2.22. The number of fused-ring (bicyclic) bond motifs is 1. The van der Waals surface area contributed by atoms with Gasteiger partial charge in [-0.25, -0.2) is 0 Å². The Morgan fingerprint density at radius 2 is 1.68 bits per heavy atom. The molecule has 19 heavy (non-hydrogen) atoms. The van der Waals surface area contributed by atoms with Crippen LogP contribution in [0.4, 0.5) is 0 Å². The molecule has 0 amide bonds. The van der Waals surface area contributed by atoms with Gasteiger partial charge in [0.15, 0.2) is 0 Å². The maximum Gasteiger partial charge on any atom is 0.126 e. The third-order valence-corrected chi connectivity index (χ3v) is 3.83. The monoisotopic (exact) mass is 256 g/mol. The molecule has 1 aliphatic rings. The van der Waals surface area contributed by atoms with Crippen LogP contribution in [0.25, 0.3) is 0 Å². The molecule has 3 rings (SSSR count). The van der Waals surface area contributed by atoms with E-state index in [0.717, 1.165) is 16.9 Å². The predicted molar refractivity (Wildman–Crippen MR) is 72.9 cm³/mol. The van der Waals surface area contributed by atoms with Gasteiger partial charge in [0.05, 0.1) is 6.61 Å². The number of hydrogen-bond donors (Lipinski definition) is 2. The SMILES string of the molecule is CC1c2ccc(O)cc2OCC1c1ccc(O)cc1. The van der Waals surface area contributed by atoms with Crippen LogP contribution in [0, 0.1) is 0 Å². The Morgan fingerprint density at radius 3 is 2.42 bits per heavy atom. The molecule has 2 atom stereocenters. The molecule has 2 aromatic rings. The summed E-state index contributed by atoms with van der Waals surface area (Å²) in [7, 11) is 0. The second-order valence-corrected chi connectivity index (χ2v) is 5.02. The number of benzene rings is 2. The van der Waals surface area contributed by atoms with E-state index in [1.165, 1.54) is 0 Å². The molecule has 3 nitrogen and oxygen atoms in total. The van der Waals surface area contributed by atoms with E-state index in [1.807, 2.05) is 18.2 Å². The first kappa shape index (κ1) is 11.9. The van der Waals surface area contributed by atoms with E-state index < -0.39 is 0 Å². The van der Waals surface area contributed by atoms with Crippen molar-refractivity contribution in [1.82, 2.24) is 0 Å². The fraction of sp³-hybridized carbons (Fsp3) is 0.250. The molecule has 1 aliphatic heterocycles. The summed E-state index contributed by atoms with van der Waals surface area (Å²) in [6, 6.07) is 12.6. The third kappa shape index (κ3) is 2.12. The molecule has 0 aromatic heterocycles. The van der Waals surface area contributed by atoms with Crippen LogP contribution in [0.15, 0.2) is 42.5 Å². The molecule has 98 valence electrons. The first-order valence-electron chi connectivity index (χ1n) is 6.40. The minimum absolute atomic E-state index is 0.231. The highest BCUT2D eigenvalue weighted by molar-refractivity contribution is 5.45. The zero-order valence-electron chi connectivity index (χ0n) is 10.7. The van der Waals surface area contributed by atoms with Crippen molar-refractivity contribution in [2.24, 2.45) is 0 Å². The molecule has 0 saturated heterocycles. The summed E-state index contributed by atoms with van der Waals surface area (Å²) in [5, 5.41) is 18.8. The second-order valence-electron chi connectivity index (χ2n) is 5.02. The van der Waals surface area contributed by atoms with Gasteiger partial charge in [-0.15, -0.1) is 0 Å². The summed E-state index contributed by atoms with van der Waals surface area (Å²) >= 11 is 0. The lowest BCUT2D eigenvalue weighted by atomic mass is 9.81. The van der Waals surface area contributed by atoms with Gasteiger partial charge in [-0.05, 0) is 35.2 Å². The molecule has 1 heterocycles. The van der Waals surface area contributed by atoms with Crippen LogP contribution in [0.5, 0.6) is 17.2 Å². The largest absolute Gasteiger partial charge is 0.508 e. The summed E-state index contributed by atoms with van der Waals surface area (Å²) in [6.07, 6.45) is 0. The number of rotatable bonds is 1. The van der Waals surface area contributed by atoms with E-state index in [9.17, 15) is 10.2 Å². The fourth-order valence-corrected chi connectivity index (χ4v) is 2.67. The Hall–Kier alpha value is -2.16. The summed E-state index contributed by atoms with van der Waals surface area (Å²) < 4.78 is 5.75. The highest BCUT2D eigenvalue weighted by Gasteiger charge is 2.28. The summed E-state index contributed by atoms with van der Waals surface area (Å²) in [5.74, 6) is 1.85. The molecular weight excluding hydrogens is 240 g/mol. The Balaban J connectivity index is 1.95. The van der Waals surface area contributed by atoms with Crippen LogP contribution < -0.4 is 4.74 Å². The molecule has 0 spiro atoms. The van der Waals surface area contributed by atoms with Gasteiger partial charge in [0.1, 0.15) is 17.2 Å². The molecule has 0 aliphatic carbocycles. The van der Waals surface area contributed by atoms with Crippen molar-refractivity contribution in [2.75, 3.05) is 6.61 Å². The van der Waals surface area contributed by atoms with E-state index in [2.05, 4.69) is 6.92 Å². The summed E-state index contributed by atoms with van der Waals surface area (Å²) in [5.41, 5.74) is 2.27. The molecular formula is C16H16O3. The molecule has 0 fully saturated rings. The van der Waals surface area contributed by atoms with Crippen LogP contribution in [0.1, 0.15) is 29.9 Å². The third-order valence-electron chi connectivity index (χ3n) is 3.83. The first-order valence-corrected chi connectivity index (χ1v) is 6.40. The number of ether oxygens (including phenoxy) is 1. The molecule has 2 N–H and O–H groups in total. The van der Waals surface area contributed by atoms with Crippen molar-refractivity contribution >= 4 is 0 Å². The van der Waals surface area contributed by atoms with Crippen molar-refractivity contribution in [3.8, 4) is 17.2 Å². The van der Waals surface area contributed by atoms with Crippen LogP contribution in [-0.4, -0.2) is 16.8 Å². The molecule has 0 saturated carbocycles. The number of aromatic hydroxyl groups is 2. The Bertz CT molecular complexity index is 589. The highest BCUT2D eigenvalue weighted by Crippen LogP contribution is 2.43. The van der Waals surface area contributed by atoms with Crippen molar-refractivity contribution < 1.29 is 14.9 Å². The van der Waals surface area contributed by atoms with E-state index in [4.69, 9.17) is 4.74 Å². The summed E-state index contributed by atoms with van der Waals surface area (Å²) in [6.45, 7) is 2.75. The second kappa shape index (κ2) is 4.50. The minimum Gasteiger partial charge on any atom is -0.508 e. The lowest BCUT2D eigenvalue weighted by molar-refractivity contribution is 0.242. The molecule has 0 radical (unpaired) electrons. The van der Waals surface area contributed by atoms with Crippen LogP contribution in [0.3, 0.4) is 0 Å². The van der Waals surface area contributed by atoms with Gasteiger partial charge in [-0.1, -0.05) is 25.1 Å². The average Bonchev–Trinajstić information content (AvgIpc) is 2.40. The fourth-order valence-electron chi connectivity index (χ4n) is 2.67. The average molecular weight is 256 g/mol. The normalized spacial score (nSPS) is 21.5. The van der Waals surface area contributed by atoms with Crippen LogP contribution in [0.2, 0.25) is 0 Å². The van der Waals surface area contributed by atoms with E-state index in [-0.39, 0.29) is 17.4 Å². The number of phenols is 2. The topological polar surface area (TPSA) is 49.7 Å². The van der Waals surface area contributed by atoms with Crippen LogP contribution in [-0.2, 0) is 0 Å². The highest BCUT2D eigenvalue weighted by atomic mass is 16.5. The van der Waals surface area contributed by atoms with E-state index in [1.54, 1.807) is 24.3 Å². The van der Waals surface area contributed by atoms with E-state index in [0.29, 0.717) is 12.5 Å². The Kier molecular flexibility index (Phi) is 2.82. The van der Waals surface area contributed by atoms with Gasteiger partial charge in [0.25, 0.3) is 0 Å². The minimum atomic E-state index is 0.231. The van der Waals surface area contributed by atoms with Gasteiger partial charge < -0.3 is 14.9 Å². The van der Waals surface area contributed by atoms with Gasteiger partial charge in [0, 0.05) is 12.0 Å². The van der Waals surface area contributed by atoms with Gasteiger partial charge in [0.2, 0.25) is 0 Å². The number of phenolic OH excluding ortho intramolecular Hbond substituents is 2. The Labute approximate surface area is 112 Å². The van der Waals surface area contributed by atoms with Gasteiger partial charge in [-0.2, -0.15) is 0 Å². The van der Waals surface area contributed by atoms with Crippen molar-refractivity contribution in [1.29, 1.82) is 0 Å². The van der Waals surface area contributed by atoms with Gasteiger partial charge >= 0.3 is 0 Å². The number of hydrogen-bond acceptors (Lipinski definition) is 3. The van der Waals surface area contributed by atoms with Crippen molar-refractivity contribution in [2.45, 2.75) is 18.8 Å². The molecule has 3 heteroatoms. The quantitative estimate of drug-likeness (QED) is 0.822. The summed E-state index contributed by atoms with van der Waals surface area (Å²) in [4.78, 5) is 0. The van der Waals surface area contributed by atoms with Crippen molar-refractivity contribution in [3.05, 3.63) is 53.6 Å². The van der Waals surface area contributed by atoms with Gasteiger partial charge in [-0.3, -0.25) is 0 Å². The van der Waals surface area contributed by atoms with Crippen molar-refractivity contribution in [3.63, 3.8) is 0 Å². The molecule has 2 unspecified atom stereocenters.